The molecule has 112 valence electrons. The maximum atomic E-state index is 12.6. The molecule has 0 aliphatic carbocycles. The van der Waals surface area contributed by atoms with Crippen molar-refractivity contribution in [1.29, 1.82) is 0 Å². The number of likely N-dealkylation sites (N-methyl/N-ethyl adjacent to an activating group) is 1. The molecule has 0 bridgehead atoms. The first-order chi connectivity index (χ1) is 9.97. The summed E-state index contributed by atoms with van der Waals surface area (Å²) in [4.78, 5) is 28.5. The van der Waals surface area contributed by atoms with Gasteiger partial charge >= 0.3 is 5.97 Å². The van der Waals surface area contributed by atoms with E-state index in [9.17, 15) is 9.59 Å². The number of nitrogens with one attached hydrogen (secondary N) is 1. The number of hydrogen-bond donors (Lipinski definition) is 1. The highest BCUT2D eigenvalue weighted by molar-refractivity contribution is 9.13. The van der Waals surface area contributed by atoms with Crippen LogP contribution < -0.4 is 0 Å². The molecule has 0 atom stereocenters. The van der Waals surface area contributed by atoms with E-state index in [2.05, 4.69) is 41.6 Å². The summed E-state index contributed by atoms with van der Waals surface area (Å²) >= 11 is 6.85. The van der Waals surface area contributed by atoms with Crippen LogP contribution in [-0.4, -0.2) is 42.0 Å². The number of esters is 1. The van der Waals surface area contributed by atoms with Gasteiger partial charge in [-0.05, 0) is 50.9 Å². The topological polar surface area (TPSA) is 62.4 Å². The number of hydrogen-bond acceptors (Lipinski definition) is 3. The van der Waals surface area contributed by atoms with Gasteiger partial charge in [-0.1, -0.05) is 0 Å². The molecule has 7 heteroatoms. The van der Waals surface area contributed by atoms with Crippen LogP contribution in [0.2, 0.25) is 0 Å². The van der Waals surface area contributed by atoms with Gasteiger partial charge in [-0.15, -0.1) is 0 Å². The summed E-state index contributed by atoms with van der Waals surface area (Å²) < 4.78 is 6.38. The quantitative estimate of drug-likeness (QED) is 0.776. The molecule has 1 aromatic carbocycles. The number of H-pyrrole nitrogens is 1. The number of aromatic amines is 1. The fourth-order valence-corrected chi connectivity index (χ4v) is 2.70. The van der Waals surface area contributed by atoms with Gasteiger partial charge in [0.1, 0.15) is 6.54 Å². The Morgan fingerprint density at radius 2 is 1.95 bits per heavy atom. The van der Waals surface area contributed by atoms with Crippen molar-refractivity contribution in [3.63, 3.8) is 0 Å². The van der Waals surface area contributed by atoms with Crippen molar-refractivity contribution in [2.45, 2.75) is 6.92 Å². The van der Waals surface area contributed by atoms with E-state index in [4.69, 9.17) is 0 Å². The second kappa shape index (κ2) is 6.62. The minimum absolute atomic E-state index is 0.0593. The maximum Gasteiger partial charge on any atom is 0.325 e. The first kappa shape index (κ1) is 16.0. The number of nitrogens with zero attached hydrogens (tertiary/aromatic N) is 1. The fourth-order valence-electron chi connectivity index (χ4n) is 2.01. The minimum Gasteiger partial charge on any atom is -0.468 e. The number of carbonyl (C=O) groups excluding carboxylic acids is 2. The van der Waals surface area contributed by atoms with Crippen LogP contribution in [0.4, 0.5) is 0 Å². The van der Waals surface area contributed by atoms with Crippen molar-refractivity contribution in [3.8, 4) is 0 Å². The Kier molecular flexibility index (Phi) is 5.05. The van der Waals surface area contributed by atoms with Gasteiger partial charge in [0, 0.05) is 32.6 Å². The lowest BCUT2D eigenvalue weighted by molar-refractivity contribution is -0.141. The molecule has 1 heterocycles. The van der Waals surface area contributed by atoms with Crippen LogP contribution in [0.15, 0.2) is 27.3 Å². The van der Waals surface area contributed by atoms with Gasteiger partial charge in [0.25, 0.3) is 5.91 Å². The lowest BCUT2D eigenvalue weighted by Crippen LogP contribution is -2.35. The number of methoxy groups -OCH3 is 1. The molecule has 1 aromatic heterocycles. The summed E-state index contributed by atoms with van der Waals surface area (Å²) in [6.45, 7) is 2.19. The lowest BCUT2D eigenvalue weighted by Gasteiger charge is -2.19. The lowest BCUT2D eigenvalue weighted by atomic mass is 10.1. The van der Waals surface area contributed by atoms with Gasteiger partial charge in [0.05, 0.1) is 12.7 Å². The van der Waals surface area contributed by atoms with Gasteiger partial charge in [-0.2, -0.15) is 0 Å². The zero-order chi connectivity index (χ0) is 15.6. The Morgan fingerprint density at radius 1 is 1.29 bits per heavy atom. The normalized spacial score (nSPS) is 10.7. The summed E-state index contributed by atoms with van der Waals surface area (Å²) in [7, 11) is 1.31. The second-order valence-electron chi connectivity index (χ2n) is 4.41. The van der Waals surface area contributed by atoms with Crippen LogP contribution in [0.3, 0.4) is 0 Å². The van der Waals surface area contributed by atoms with Crippen LogP contribution in [0, 0.1) is 0 Å². The van der Waals surface area contributed by atoms with Gasteiger partial charge in [-0.3, -0.25) is 9.59 Å². The molecule has 21 heavy (non-hydrogen) atoms. The molecule has 0 radical (unpaired) electrons. The van der Waals surface area contributed by atoms with Crippen LogP contribution in [0.25, 0.3) is 10.9 Å². The first-order valence-corrected chi connectivity index (χ1v) is 7.88. The van der Waals surface area contributed by atoms with Gasteiger partial charge < -0.3 is 14.6 Å². The molecule has 2 aromatic rings. The zero-order valence-corrected chi connectivity index (χ0v) is 14.7. The predicted octanol–water partition coefficient (Wildman–Crippen LogP) is 3.33. The Hall–Kier alpha value is -1.34. The van der Waals surface area contributed by atoms with E-state index < -0.39 is 5.97 Å². The smallest absolute Gasteiger partial charge is 0.325 e. The summed E-state index contributed by atoms with van der Waals surface area (Å²) in [6, 6.07) is 3.77. The highest BCUT2D eigenvalue weighted by Crippen LogP contribution is 2.30. The largest absolute Gasteiger partial charge is 0.468 e. The van der Waals surface area contributed by atoms with Crippen LogP contribution >= 0.6 is 31.9 Å². The summed E-state index contributed by atoms with van der Waals surface area (Å²) in [5.41, 5.74) is 1.38. The molecule has 0 aliphatic heterocycles. The number of ether oxygens (including phenoxy) is 1. The molecule has 0 unspecified atom stereocenters. The zero-order valence-electron chi connectivity index (χ0n) is 11.6. The van der Waals surface area contributed by atoms with Crippen molar-refractivity contribution < 1.29 is 14.3 Å². The van der Waals surface area contributed by atoms with E-state index in [1.54, 1.807) is 6.20 Å². The third-order valence-electron chi connectivity index (χ3n) is 3.17. The Bertz CT molecular complexity index is 697. The van der Waals surface area contributed by atoms with Crippen LogP contribution in [0.1, 0.15) is 17.3 Å². The van der Waals surface area contributed by atoms with E-state index in [1.165, 1.54) is 12.0 Å². The first-order valence-electron chi connectivity index (χ1n) is 6.30. The number of benzene rings is 1. The summed E-state index contributed by atoms with van der Waals surface area (Å²) in [5, 5.41) is 0.804. The molecule has 5 nitrogen and oxygen atoms in total. The minimum atomic E-state index is -0.436. The van der Waals surface area contributed by atoms with Crippen LogP contribution in [0.5, 0.6) is 0 Å². The molecule has 0 aliphatic rings. The highest BCUT2D eigenvalue weighted by atomic mass is 79.9. The van der Waals surface area contributed by atoms with Gasteiger partial charge in [-0.25, -0.2) is 0 Å². The van der Waals surface area contributed by atoms with Crippen molar-refractivity contribution >= 4 is 54.6 Å². The average molecular weight is 418 g/mol. The number of carbonyl (C=O) groups is 2. The number of halogens is 2. The molecule has 1 amide bonds. The number of amides is 1. The van der Waals surface area contributed by atoms with E-state index in [0.717, 1.165) is 19.8 Å². The molecular weight excluding hydrogens is 404 g/mol. The molecule has 1 N–H and O–H groups in total. The van der Waals surface area contributed by atoms with E-state index >= 15 is 0 Å². The number of aromatic nitrogens is 1. The monoisotopic (exact) mass is 416 g/mol. The van der Waals surface area contributed by atoms with Crippen LogP contribution in [-0.2, 0) is 9.53 Å². The highest BCUT2D eigenvalue weighted by Gasteiger charge is 2.21. The van der Waals surface area contributed by atoms with Crippen molar-refractivity contribution in [2.75, 3.05) is 20.2 Å². The molecule has 0 fully saturated rings. The SMILES string of the molecule is CCN(CC(=O)OC)C(=O)c1c[nH]c2cc(Br)c(Br)cc12. The second-order valence-corrected chi connectivity index (χ2v) is 6.12. The van der Waals surface area contributed by atoms with Gasteiger partial charge in [0.2, 0.25) is 0 Å². The van der Waals surface area contributed by atoms with Crippen molar-refractivity contribution in [1.82, 2.24) is 9.88 Å². The standard InChI is InChI=1S/C14H14Br2N2O3/c1-3-18(7-13(19)21-2)14(20)9-6-17-12-5-11(16)10(15)4-8(9)12/h4-6,17H,3,7H2,1-2H3. The Labute approximate surface area is 138 Å². The van der Waals surface area contributed by atoms with E-state index in [0.29, 0.717) is 12.1 Å². The summed E-state index contributed by atoms with van der Waals surface area (Å²) in [6.07, 6.45) is 1.66. The Balaban J connectivity index is 2.38. The van der Waals surface area contributed by atoms with Gasteiger partial charge in [0.15, 0.2) is 0 Å². The maximum absolute atomic E-state index is 12.6. The molecular formula is C14H14Br2N2O3. The third kappa shape index (κ3) is 3.29. The van der Waals surface area contributed by atoms with Crippen molar-refractivity contribution in [3.05, 3.63) is 32.8 Å². The summed E-state index contributed by atoms with van der Waals surface area (Å²) in [5.74, 6) is -0.641. The fraction of sp³-hybridized carbons (Fsp3) is 0.286. The molecule has 0 spiro atoms. The average Bonchev–Trinajstić information content (AvgIpc) is 2.87. The predicted molar refractivity (Wildman–Crippen MR) is 87.3 cm³/mol. The number of fused-ring (bicyclic) bond motifs is 1. The van der Waals surface area contributed by atoms with Crippen molar-refractivity contribution in [2.24, 2.45) is 0 Å². The molecule has 0 saturated heterocycles. The van der Waals surface area contributed by atoms with E-state index in [-0.39, 0.29) is 12.5 Å². The molecule has 0 saturated carbocycles. The third-order valence-corrected chi connectivity index (χ3v) is 5.01. The molecule has 2 rings (SSSR count). The van der Waals surface area contributed by atoms with E-state index in [1.807, 2.05) is 19.1 Å². The Morgan fingerprint density at radius 3 is 2.57 bits per heavy atom. The number of rotatable bonds is 4.